The van der Waals surface area contributed by atoms with Crippen LogP contribution in [0.1, 0.15) is 19.3 Å². The van der Waals surface area contributed by atoms with Gasteiger partial charge >= 0.3 is 0 Å². The van der Waals surface area contributed by atoms with Crippen LogP contribution < -0.4 is 4.90 Å². The van der Waals surface area contributed by atoms with Gasteiger partial charge in [0, 0.05) is 61.6 Å². The topological polar surface area (TPSA) is 67.3 Å². The number of nitrogens with zero attached hydrogens (tertiary/aromatic N) is 6. The SMILES string of the molecule is c1cc(-c2nc(N3CCC4(CCN(CC5COC5)C4)CC3)c3ccncc3n2)ccn1. The highest BCUT2D eigenvalue weighted by Gasteiger charge is 2.41. The number of anilines is 1. The van der Waals surface area contributed by atoms with E-state index < -0.39 is 0 Å². The molecule has 0 aromatic carbocycles. The van der Waals surface area contributed by atoms with E-state index in [4.69, 9.17) is 14.7 Å². The van der Waals surface area contributed by atoms with E-state index in [0.717, 1.165) is 60.3 Å². The Hall–Kier alpha value is -2.64. The van der Waals surface area contributed by atoms with E-state index in [-0.39, 0.29) is 0 Å². The van der Waals surface area contributed by atoms with Crippen molar-refractivity contribution in [3.63, 3.8) is 0 Å². The van der Waals surface area contributed by atoms with Crippen LogP contribution in [0.2, 0.25) is 0 Å². The summed E-state index contributed by atoms with van der Waals surface area (Å²) in [5.41, 5.74) is 2.36. The number of hydrogen-bond donors (Lipinski definition) is 0. The van der Waals surface area contributed by atoms with Gasteiger partial charge in [-0.1, -0.05) is 0 Å². The van der Waals surface area contributed by atoms with E-state index in [9.17, 15) is 0 Å². The maximum Gasteiger partial charge on any atom is 0.162 e. The molecule has 31 heavy (non-hydrogen) atoms. The number of likely N-dealkylation sites (tertiary alicyclic amines) is 1. The number of rotatable bonds is 4. The number of fused-ring (bicyclic) bond motifs is 1. The Morgan fingerprint density at radius 3 is 2.48 bits per heavy atom. The van der Waals surface area contributed by atoms with Crippen LogP contribution in [0.4, 0.5) is 5.82 Å². The number of ether oxygens (including phenoxy) is 1. The molecule has 3 saturated heterocycles. The maximum atomic E-state index is 5.37. The minimum absolute atomic E-state index is 0.472. The molecule has 0 radical (unpaired) electrons. The third-order valence-electron chi connectivity index (χ3n) is 7.28. The van der Waals surface area contributed by atoms with Gasteiger partial charge in [0.05, 0.1) is 24.9 Å². The van der Waals surface area contributed by atoms with Gasteiger partial charge in [-0.25, -0.2) is 9.97 Å². The molecule has 6 rings (SSSR count). The van der Waals surface area contributed by atoms with Gasteiger partial charge in [0.2, 0.25) is 0 Å². The second-order valence-corrected chi connectivity index (χ2v) is 9.38. The molecule has 0 saturated carbocycles. The van der Waals surface area contributed by atoms with Crippen molar-refractivity contribution in [3.05, 3.63) is 43.0 Å². The molecule has 1 spiro atoms. The predicted octanol–water partition coefficient (Wildman–Crippen LogP) is 3.03. The number of piperidine rings is 1. The van der Waals surface area contributed by atoms with Crippen molar-refractivity contribution in [2.75, 3.05) is 50.8 Å². The summed E-state index contributed by atoms with van der Waals surface area (Å²) in [6.07, 6.45) is 11.0. The molecule has 7 heteroatoms. The molecule has 0 atom stereocenters. The van der Waals surface area contributed by atoms with Crippen molar-refractivity contribution in [2.45, 2.75) is 19.3 Å². The summed E-state index contributed by atoms with van der Waals surface area (Å²) in [6, 6.07) is 5.98. The summed E-state index contributed by atoms with van der Waals surface area (Å²) >= 11 is 0. The van der Waals surface area contributed by atoms with Crippen molar-refractivity contribution in [3.8, 4) is 11.4 Å². The summed E-state index contributed by atoms with van der Waals surface area (Å²) in [5.74, 6) is 2.53. The Balaban J connectivity index is 1.23. The number of hydrogen-bond acceptors (Lipinski definition) is 7. The van der Waals surface area contributed by atoms with Crippen LogP contribution in [-0.4, -0.2) is 70.8 Å². The first-order valence-electron chi connectivity index (χ1n) is 11.4. The summed E-state index contributed by atoms with van der Waals surface area (Å²) < 4.78 is 5.37. The largest absolute Gasteiger partial charge is 0.381 e. The van der Waals surface area contributed by atoms with E-state index in [1.165, 1.54) is 38.9 Å². The monoisotopic (exact) mass is 416 g/mol. The molecule has 3 aromatic rings. The Morgan fingerprint density at radius 1 is 0.935 bits per heavy atom. The molecule has 3 aromatic heterocycles. The molecular formula is C24H28N6O. The Kier molecular flexibility index (Phi) is 4.80. The van der Waals surface area contributed by atoms with Gasteiger partial charge in [-0.05, 0) is 49.4 Å². The molecule has 3 aliphatic heterocycles. The average Bonchev–Trinajstić information content (AvgIpc) is 3.19. The van der Waals surface area contributed by atoms with Crippen molar-refractivity contribution in [1.29, 1.82) is 0 Å². The molecule has 160 valence electrons. The fourth-order valence-electron chi connectivity index (χ4n) is 5.37. The Labute approximate surface area is 182 Å². The summed E-state index contributed by atoms with van der Waals surface area (Å²) in [7, 11) is 0. The first kappa shape index (κ1) is 19.1. The molecular weight excluding hydrogens is 388 g/mol. The van der Waals surface area contributed by atoms with Crippen molar-refractivity contribution in [2.24, 2.45) is 11.3 Å². The second kappa shape index (κ2) is 7.80. The van der Waals surface area contributed by atoms with Gasteiger partial charge in [-0.2, -0.15) is 0 Å². The summed E-state index contributed by atoms with van der Waals surface area (Å²) in [4.78, 5) is 23.4. The first-order chi connectivity index (χ1) is 15.3. The molecule has 0 bridgehead atoms. The molecule has 6 heterocycles. The average molecular weight is 417 g/mol. The minimum atomic E-state index is 0.472. The van der Waals surface area contributed by atoms with Crippen molar-refractivity contribution < 1.29 is 4.74 Å². The highest BCUT2D eigenvalue weighted by molar-refractivity contribution is 5.90. The van der Waals surface area contributed by atoms with E-state index in [1.807, 2.05) is 30.6 Å². The number of pyridine rings is 2. The minimum Gasteiger partial charge on any atom is -0.381 e. The molecule has 7 nitrogen and oxygen atoms in total. The molecule has 0 unspecified atom stereocenters. The third-order valence-corrected chi connectivity index (χ3v) is 7.28. The zero-order valence-electron chi connectivity index (χ0n) is 17.8. The Bertz CT molecular complexity index is 1060. The van der Waals surface area contributed by atoms with Crippen LogP contribution in [0.25, 0.3) is 22.3 Å². The quantitative estimate of drug-likeness (QED) is 0.648. The molecule has 0 aliphatic carbocycles. The third kappa shape index (κ3) is 3.66. The van der Waals surface area contributed by atoms with E-state index in [0.29, 0.717) is 5.41 Å². The summed E-state index contributed by atoms with van der Waals surface area (Å²) in [5, 5.41) is 1.08. The predicted molar refractivity (Wildman–Crippen MR) is 120 cm³/mol. The standard InChI is InChI=1S/C24H28N6O/c1-7-25-8-2-19(1)22-27-21-13-26-9-3-20(21)23(28-22)30-11-5-24(6-12-30)4-10-29(17-24)14-18-15-31-16-18/h1-3,7-9,13,18H,4-6,10-12,14-17H2. The van der Waals surface area contributed by atoms with E-state index in [1.54, 1.807) is 12.4 Å². The normalized spacial score (nSPS) is 21.6. The van der Waals surface area contributed by atoms with Gasteiger partial charge in [0.1, 0.15) is 5.82 Å². The fraction of sp³-hybridized carbons (Fsp3) is 0.500. The van der Waals surface area contributed by atoms with E-state index >= 15 is 0 Å². The van der Waals surface area contributed by atoms with Crippen LogP contribution in [0, 0.1) is 11.3 Å². The zero-order valence-corrected chi connectivity index (χ0v) is 17.8. The lowest BCUT2D eigenvalue weighted by Gasteiger charge is -2.40. The van der Waals surface area contributed by atoms with E-state index in [2.05, 4.69) is 19.8 Å². The maximum absolute atomic E-state index is 5.37. The van der Waals surface area contributed by atoms with Gasteiger partial charge in [0.25, 0.3) is 0 Å². The van der Waals surface area contributed by atoms with Crippen molar-refractivity contribution in [1.82, 2.24) is 24.8 Å². The lowest BCUT2D eigenvalue weighted by Crippen LogP contribution is -2.43. The molecule has 0 N–H and O–H groups in total. The van der Waals surface area contributed by atoms with Crippen LogP contribution in [0.5, 0.6) is 0 Å². The zero-order chi connectivity index (χ0) is 20.7. The van der Waals surface area contributed by atoms with Crippen LogP contribution in [0.15, 0.2) is 43.0 Å². The lowest BCUT2D eigenvalue weighted by atomic mass is 9.77. The number of aromatic nitrogens is 4. The fourth-order valence-corrected chi connectivity index (χ4v) is 5.37. The van der Waals surface area contributed by atoms with Gasteiger partial charge in [-0.15, -0.1) is 0 Å². The molecule has 0 amide bonds. The second-order valence-electron chi connectivity index (χ2n) is 9.38. The first-order valence-corrected chi connectivity index (χ1v) is 11.4. The van der Waals surface area contributed by atoms with Gasteiger partial charge < -0.3 is 14.5 Å². The molecule has 3 fully saturated rings. The highest BCUT2D eigenvalue weighted by atomic mass is 16.5. The molecule has 3 aliphatic rings. The Morgan fingerprint density at radius 2 is 1.71 bits per heavy atom. The lowest BCUT2D eigenvalue weighted by molar-refractivity contribution is -0.0452. The highest BCUT2D eigenvalue weighted by Crippen LogP contribution is 2.42. The smallest absolute Gasteiger partial charge is 0.162 e. The summed E-state index contributed by atoms with van der Waals surface area (Å²) in [6.45, 7) is 7.69. The van der Waals surface area contributed by atoms with Crippen molar-refractivity contribution >= 4 is 16.7 Å². The van der Waals surface area contributed by atoms with Gasteiger partial charge in [-0.3, -0.25) is 9.97 Å². The van der Waals surface area contributed by atoms with Crippen LogP contribution >= 0.6 is 0 Å². The van der Waals surface area contributed by atoms with Crippen LogP contribution in [0.3, 0.4) is 0 Å². The van der Waals surface area contributed by atoms with Crippen LogP contribution in [-0.2, 0) is 4.74 Å². The van der Waals surface area contributed by atoms with Gasteiger partial charge in [0.15, 0.2) is 5.82 Å².